The molecule has 0 amide bonds. The molecule has 1 aromatic carbocycles. The zero-order chi connectivity index (χ0) is 16.5. The Morgan fingerprint density at radius 2 is 1.52 bits per heavy atom. The second-order valence-corrected chi connectivity index (χ2v) is 13.6. The summed E-state index contributed by atoms with van der Waals surface area (Å²) in [5, 5.41) is 0. The van der Waals surface area contributed by atoms with Gasteiger partial charge >= 0.3 is 0 Å². The van der Waals surface area contributed by atoms with Crippen molar-refractivity contribution in [2.24, 2.45) is 0 Å². The molecule has 1 aromatic rings. The van der Waals surface area contributed by atoms with Crippen LogP contribution in [-0.4, -0.2) is 0 Å². The Balaban J connectivity index is 3.37. The molecule has 0 unspecified atom stereocenters. The van der Waals surface area contributed by atoms with Crippen LogP contribution in [0.4, 0.5) is 0 Å². The van der Waals surface area contributed by atoms with Gasteiger partial charge in [-0.05, 0) is 51.2 Å². The minimum atomic E-state index is -2.77. The predicted octanol–water partition coefficient (Wildman–Crippen LogP) is 6.94. The molecule has 0 aliphatic carbocycles. The highest BCUT2D eigenvalue weighted by Gasteiger charge is 2.28. The first-order valence-corrected chi connectivity index (χ1v) is 11.2. The molecule has 0 saturated heterocycles. The maximum Gasteiger partial charge on any atom is 0.285 e. The third kappa shape index (κ3) is 5.39. The average Bonchev–Trinajstić information content (AvgIpc) is 2.36. The lowest BCUT2D eigenvalue weighted by molar-refractivity contribution is 0.559. The molecule has 0 fully saturated rings. The Labute approximate surface area is 147 Å². The summed E-state index contributed by atoms with van der Waals surface area (Å²) >= 11 is 17.4. The Bertz CT molecular complexity index is 543. The molecule has 0 heterocycles. The molecule has 0 aliphatic rings. The minimum absolute atomic E-state index is 0.0393. The van der Waals surface area contributed by atoms with Crippen LogP contribution in [0.3, 0.4) is 0 Å². The van der Waals surface area contributed by atoms with Gasteiger partial charge in [0.25, 0.3) is 5.69 Å². The van der Waals surface area contributed by atoms with E-state index < -0.39 is 5.69 Å². The molecular formula is C14H21Cl2O2PS2. The molecule has 120 valence electrons. The van der Waals surface area contributed by atoms with Crippen LogP contribution in [0.2, 0.25) is 0 Å². The van der Waals surface area contributed by atoms with Gasteiger partial charge in [-0.1, -0.05) is 53.7 Å². The van der Waals surface area contributed by atoms with Gasteiger partial charge in [0.05, 0.1) is 23.7 Å². The van der Waals surface area contributed by atoms with E-state index >= 15 is 0 Å². The summed E-state index contributed by atoms with van der Waals surface area (Å²) in [6.07, 6.45) is 0. The molecular weight excluding hydrogens is 366 g/mol. The molecule has 0 saturated carbocycles. The van der Waals surface area contributed by atoms with Crippen LogP contribution in [0.15, 0.2) is 23.1 Å². The number of hydrogen-bond acceptors (Lipinski definition) is 4. The normalized spacial score (nSPS) is 13.5. The Morgan fingerprint density at radius 3 is 1.90 bits per heavy atom. The highest BCUT2D eigenvalue weighted by molar-refractivity contribution is 8.68. The lowest BCUT2D eigenvalue weighted by Crippen LogP contribution is -2.17. The molecule has 0 radical (unpaired) electrons. The third-order valence-corrected chi connectivity index (χ3v) is 9.12. The summed E-state index contributed by atoms with van der Waals surface area (Å²) in [5.41, 5.74) is -0.290. The lowest BCUT2D eigenvalue weighted by Gasteiger charge is -2.28. The smallest absolute Gasteiger partial charge is 0.209 e. The van der Waals surface area contributed by atoms with E-state index in [0.29, 0.717) is 0 Å². The molecule has 0 aliphatic heterocycles. The van der Waals surface area contributed by atoms with Crippen molar-refractivity contribution in [3.63, 3.8) is 0 Å². The second-order valence-electron chi connectivity index (χ2n) is 6.89. The predicted molar refractivity (Wildman–Crippen MR) is 97.9 cm³/mol. The van der Waals surface area contributed by atoms with Crippen LogP contribution < -0.4 is 0 Å². The zero-order valence-corrected chi connectivity index (χ0v) is 17.1. The highest BCUT2D eigenvalue weighted by Crippen LogP contribution is 2.66. The monoisotopic (exact) mass is 386 g/mol. The summed E-state index contributed by atoms with van der Waals surface area (Å²) in [6, 6.07) is 6.35. The van der Waals surface area contributed by atoms with E-state index in [1.54, 1.807) is 0 Å². The first-order chi connectivity index (χ1) is 9.43. The Hall–Kier alpha value is 0.720. The van der Waals surface area contributed by atoms with Crippen molar-refractivity contribution in [1.29, 1.82) is 0 Å². The first-order valence-electron chi connectivity index (χ1n) is 6.48. The van der Waals surface area contributed by atoms with Crippen LogP contribution in [0.25, 0.3) is 0 Å². The minimum Gasteiger partial charge on any atom is -0.209 e. The van der Waals surface area contributed by atoms with Crippen molar-refractivity contribution in [1.82, 2.24) is 0 Å². The van der Waals surface area contributed by atoms with Gasteiger partial charge in [0.15, 0.2) is 0 Å². The van der Waals surface area contributed by atoms with Gasteiger partial charge in [0, 0.05) is 4.90 Å². The molecule has 0 aromatic heterocycles. The van der Waals surface area contributed by atoms with Gasteiger partial charge in [-0.2, -0.15) is 0 Å². The standard InChI is InChI=1S/C14H21Cl2O2PS2/c1-13(2,3)10-7-8-12(11(9-10)14(4,5)6)21-19(20,17-15)18-16/h7-9H,1-6H3. The molecule has 2 nitrogen and oxygen atoms in total. The Morgan fingerprint density at radius 1 is 1.00 bits per heavy atom. The quantitative estimate of drug-likeness (QED) is 0.521. The summed E-state index contributed by atoms with van der Waals surface area (Å²) in [5.74, 6) is 0. The van der Waals surface area contributed by atoms with Crippen LogP contribution in [0.1, 0.15) is 52.7 Å². The van der Waals surface area contributed by atoms with Crippen molar-refractivity contribution in [2.45, 2.75) is 57.3 Å². The van der Waals surface area contributed by atoms with Crippen LogP contribution in [-0.2, 0) is 30.8 Å². The fourth-order valence-electron chi connectivity index (χ4n) is 1.82. The topological polar surface area (TPSA) is 18.5 Å². The second kappa shape index (κ2) is 7.09. The zero-order valence-electron chi connectivity index (χ0n) is 13.1. The van der Waals surface area contributed by atoms with Crippen molar-refractivity contribution in [3.8, 4) is 0 Å². The van der Waals surface area contributed by atoms with Gasteiger partial charge in [0.2, 0.25) is 0 Å². The SMILES string of the molecule is CC(C)(C)c1ccc(SP(=S)(OCl)OCl)c(C(C)(C)C)c1. The van der Waals surface area contributed by atoms with E-state index in [2.05, 4.69) is 53.7 Å². The summed E-state index contributed by atoms with van der Waals surface area (Å²) in [7, 11) is 0. The van der Waals surface area contributed by atoms with Crippen LogP contribution in [0, 0.1) is 0 Å². The summed E-state index contributed by atoms with van der Waals surface area (Å²) < 4.78 is 9.53. The largest absolute Gasteiger partial charge is 0.285 e. The van der Waals surface area contributed by atoms with E-state index in [9.17, 15) is 0 Å². The van der Waals surface area contributed by atoms with Crippen molar-refractivity contribution >= 4 is 52.6 Å². The summed E-state index contributed by atoms with van der Waals surface area (Å²) in [6.45, 7) is 13.0. The van der Waals surface area contributed by atoms with Gasteiger partial charge in [-0.15, -0.1) is 0 Å². The molecule has 0 N–H and O–H groups in total. The van der Waals surface area contributed by atoms with Gasteiger partial charge in [0.1, 0.15) is 0 Å². The van der Waals surface area contributed by atoms with E-state index in [1.165, 1.54) is 22.5 Å². The van der Waals surface area contributed by atoms with E-state index in [-0.39, 0.29) is 10.8 Å². The number of rotatable bonds is 4. The maximum atomic E-state index is 5.44. The molecule has 7 heteroatoms. The van der Waals surface area contributed by atoms with Gasteiger partial charge in [-0.25, -0.2) is 8.15 Å². The lowest BCUT2D eigenvalue weighted by atomic mass is 9.81. The molecule has 21 heavy (non-hydrogen) atoms. The first kappa shape index (κ1) is 19.8. The number of hydrogen-bond donors (Lipinski definition) is 0. The van der Waals surface area contributed by atoms with Crippen LogP contribution in [0.5, 0.6) is 0 Å². The fourth-order valence-corrected chi connectivity index (χ4v) is 5.59. The van der Waals surface area contributed by atoms with Crippen molar-refractivity contribution < 1.29 is 8.15 Å². The van der Waals surface area contributed by atoms with Crippen molar-refractivity contribution in [3.05, 3.63) is 29.3 Å². The van der Waals surface area contributed by atoms with E-state index in [4.69, 9.17) is 43.7 Å². The fraction of sp³-hybridized carbons (Fsp3) is 0.571. The van der Waals surface area contributed by atoms with Gasteiger partial charge < -0.3 is 0 Å². The van der Waals surface area contributed by atoms with Crippen LogP contribution >= 0.6 is 40.8 Å². The third-order valence-electron chi connectivity index (χ3n) is 3.03. The molecule has 0 bridgehead atoms. The molecule has 1 rings (SSSR count). The van der Waals surface area contributed by atoms with Crippen molar-refractivity contribution in [2.75, 3.05) is 0 Å². The number of benzene rings is 1. The Kier molecular flexibility index (Phi) is 6.67. The molecule has 0 spiro atoms. The maximum absolute atomic E-state index is 5.44. The number of halogens is 2. The van der Waals surface area contributed by atoms with E-state index in [0.717, 1.165) is 4.90 Å². The molecule has 0 atom stereocenters. The average molecular weight is 387 g/mol. The summed E-state index contributed by atoms with van der Waals surface area (Å²) in [4.78, 5) is 0.986. The van der Waals surface area contributed by atoms with E-state index in [1.807, 2.05) is 6.07 Å². The van der Waals surface area contributed by atoms with Gasteiger partial charge in [-0.3, -0.25) is 0 Å². The highest BCUT2D eigenvalue weighted by atomic mass is 35.5.